The second kappa shape index (κ2) is 4.44. The van der Waals surface area contributed by atoms with Gasteiger partial charge in [-0.25, -0.2) is 0 Å². The Bertz CT molecular complexity index is 1040. The van der Waals surface area contributed by atoms with E-state index in [1.807, 2.05) is 48.5 Å². The Kier molecular flexibility index (Phi) is 2.31. The molecule has 0 saturated carbocycles. The van der Waals surface area contributed by atoms with E-state index in [2.05, 4.69) is 30.9 Å². The van der Waals surface area contributed by atoms with Crippen LogP contribution in [0.15, 0.2) is 54.7 Å². The third kappa shape index (κ3) is 1.73. The lowest BCUT2D eigenvalue weighted by atomic mass is 10.3. The Labute approximate surface area is 128 Å². The summed E-state index contributed by atoms with van der Waals surface area (Å²) in [5.41, 5.74) is 3.29. The maximum absolute atomic E-state index is 4.16. The van der Waals surface area contributed by atoms with Crippen molar-refractivity contribution in [1.29, 1.82) is 0 Å². The third-order valence-corrected chi connectivity index (χ3v) is 3.57. The second-order valence-corrected chi connectivity index (χ2v) is 4.95. The molecule has 0 N–H and O–H groups in total. The van der Waals surface area contributed by atoms with Crippen LogP contribution < -0.4 is 0 Å². The Morgan fingerprint density at radius 2 is 1.35 bits per heavy atom. The summed E-state index contributed by atoms with van der Waals surface area (Å²) in [7, 11) is 0. The maximum atomic E-state index is 4.16. The second-order valence-electron chi connectivity index (χ2n) is 4.95. The maximum Gasteiger partial charge on any atom is 0.199 e. The molecule has 0 bridgehead atoms. The first-order valence-corrected chi connectivity index (χ1v) is 6.94. The highest BCUT2D eigenvalue weighted by Crippen LogP contribution is 2.14. The van der Waals surface area contributed by atoms with Crippen molar-refractivity contribution in [2.45, 2.75) is 0 Å². The average Bonchev–Trinajstić information content (AvgIpc) is 3.31. The van der Waals surface area contributed by atoms with Crippen LogP contribution in [0, 0.1) is 0 Å². The quantitative estimate of drug-likeness (QED) is 0.484. The Morgan fingerprint density at radius 3 is 2.22 bits per heavy atom. The zero-order valence-electron chi connectivity index (χ0n) is 11.7. The van der Waals surface area contributed by atoms with Gasteiger partial charge in [-0.2, -0.15) is 4.68 Å². The van der Waals surface area contributed by atoms with Crippen LogP contribution in [-0.2, 0) is 0 Å². The van der Waals surface area contributed by atoms with Crippen molar-refractivity contribution in [3.8, 4) is 5.82 Å². The van der Waals surface area contributed by atoms with Gasteiger partial charge in [0.2, 0.25) is 0 Å². The van der Waals surface area contributed by atoms with Gasteiger partial charge in [-0.05, 0) is 34.7 Å². The molecule has 3 aromatic heterocycles. The van der Waals surface area contributed by atoms with Gasteiger partial charge in [0, 0.05) is 0 Å². The minimum atomic E-state index is 0.554. The number of fused-ring (bicyclic) bond motifs is 2. The van der Waals surface area contributed by atoms with E-state index in [-0.39, 0.29) is 0 Å². The van der Waals surface area contributed by atoms with Crippen LogP contribution in [0.3, 0.4) is 0 Å². The largest absolute Gasteiger partial charge is 0.199 e. The standard InChI is InChI=1S/C14H9N9/c1-3-7-12-10(5-1)15-19-22(12)14-9-21(18-17-14)23-13-8-4-2-6-11(13)16-20-23/h1-9H. The zero-order valence-corrected chi connectivity index (χ0v) is 11.7. The van der Waals surface area contributed by atoms with Gasteiger partial charge < -0.3 is 0 Å². The van der Waals surface area contributed by atoms with Gasteiger partial charge in [0.05, 0.1) is 11.7 Å². The molecule has 3 heterocycles. The molecule has 0 atom stereocenters. The van der Waals surface area contributed by atoms with E-state index < -0.39 is 0 Å². The van der Waals surface area contributed by atoms with Gasteiger partial charge in [0.15, 0.2) is 5.82 Å². The fourth-order valence-electron chi connectivity index (χ4n) is 2.48. The van der Waals surface area contributed by atoms with Crippen LogP contribution >= 0.6 is 0 Å². The monoisotopic (exact) mass is 303 g/mol. The van der Waals surface area contributed by atoms with Gasteiger partial charge in [0.1, 0.15) is 16.6 Å². The van der Waals surface area contributed by atoms with Crippen molar-refractivity contribution in [3.63, 3.8) is 0 Å². The number of nitrogens with zero attached hydrogens (tertiary/aromatic N) is 9. The lowest BCUT2D eigenvalue weighted by molar-refractivity contribution is 0.490. The first-order chi connectivity index (χ1) is 11.4. The van der Waals surface area contributed by atoms with Gasteiger partial charge in [-0.3, -0.25) is 0 Å². The van der Waals surface area contributed by atoms with Crippen LogP contribution in [0.1, 0.15) is 0 Å². The van der Waals surface area contributed by atoms with Crippen molar-refractivity contribution < 1.29 is 0 Å². The van der Waals surface area contributed by atoms with Crippen LogP contribution in [0.4, 0.5) is 0 Å². The average molecular weight is 303 g/mol. The number of aromatic nitrogens is 9. The highest BCUT2D eigenvalue weighted by atomic mass is 15.8. The van der Waals surface area contributed by atoms with Crippen molar-refractivity contribution >= 4 is 22.1 Å². The summed E-state index contributed by atoms with van der Waals surface area (Å²) in [6.45, 7) is 0. The van der Waals surface area contributed by atoms with E-state index in [0.717, 1.165) is 22.1 Å². The normalized spacial score (nSPS) is 11.5. The number of hydrogen-bond donors (Lipinski definition) is 0. The van der Waals surface area contributed by atoms with Crippen molar-refractivity contribution in [2.75, 3.05) is 0 Å². The molecule has 9 nitrogen and oxygen atoms in total. The van der Waals surface area contributed by atoms with E-state index in [1.165, 1.54) is 4.79 Å². The van der Waals surface area contributed by atoms with E-state index >= 15 is 0 Å². The summed E-state index contributed by atoms with van der Waals surface area (Å²) < 4.78 is 1.64. The highest BCUT2D eigenvalue weighted by molar-refractivity contribution is 5.75. The van der Waals surface area contributed by atoms with Crippen LogP contribution in [-0.4, -0.2) is 45.2 Å². The molecule has 0 aliphatic heterocycles. The predicted molar refractivity (Wildman–Crippen MR) is 80.8 cm³/mol. The van der Waals surface area contributed by atoms with Crippen LogP contribution in [0.25, 0.3) is 27.9 Å². The summed E-state index contributed by atoms with van der Waals surface area (Å²) in [6, 6.07) is 15.3. The smallest absolute Gasteiger partial charge is 0.191 e. The minimum absolute atomic E-state index is 0.554. The summed E-state index contributed by atoms with van der Waals surface area (Å²) in [6.07, 6.45) is 1.72. The molecular formula is C14H9N9. The molecule has 5 aromatic rings. The first kappa shape index (κ1) is 12.0. The van der Waals surface area contributed by atoms with Gasteiger partial charge >= 0.3 is 0 Å². The van der Waals surface area contributed by atoms with E-state index in [0.29, 0.717) is 5.82 Å². The SMILES string of the molecule is c1ccc2c(c1)nnn2-c1cn(-n2nnc3ccccc32)nn1. The molecule has 0 aliphatic rings. The molecule has 0 fully saturated rings. The summed E-state index contributed by atoms with van der Waals surface area (Å²) in [5.74, 6) is 0.554. The molecule has 0 unspecified atom stereocenters. The molecule has 0 spiro atoms. The molecule has 2 aromatic carbocycles. The Hall–Kier alpha value is -3.62. The molecule has 9 heteroatoms. The molecule has 5 rings (SSSR count). The van der Waals surface area contributed by atoms with Gasteiger partial charge in [-0.1, -0.05) is 29.5 Å². The van der Waals surface area contributed by atoms with Gasteiger partial charge in [-0.15, -0.1) is 24.9 Å². The summed E-state index contributed by atoms with van der Waals surface area (Å²) in [4.78, 5) is 3.09. The first-order valence-electron chi connectivity index (χ1n) is 6.94. The lowest BCUT2D eigenvalue weighted by Gasteiger charge is -1.98. The number of hydrogen-bond acceptors (Lipinski definition) is 6. The predicted octanol–water partition coefficient (Wildman–Crippen LogP) is 1.07. The zero-order chi connectivity index (χ0) is 15.2. The fraction of sp³-hybridized carbons (Fsp3) is 0. The summed E-state index contributed by atoms with van der Waals surface area (Å²) >= 11 is 0. The topological polar surface area (TPSA) is 92.1 Å². The van der Waals surface area contributed by atoms with Crippen LogP contribution in [0.2, 0.25) is 0 Å². The number of rotatable bonds is 2. The van der Waals surface area contributed by atoms with Crippen LogP contribution in [0.5, 0.6) is 0 Å². The Balaban J connectivity index is 1.66. The molecule has 0 radical (unpaired) electrons. The van der Waals surface area contributed by atoms with E-state index in [4.69, 9.17) is 0 Å². The molecule has 110 valence electrons. The number of para-hydroxylation sites is 2. The van der Waals surface area contributed by atoms with Gasteiger partial charge in [0.25, 0.3) is 0 Å². The molecule has 23 heavy (non-hydrogen) atoms. The molecule has 0 saturated heterocycles. The lowest BCUT2D eigenvalue weighted by Crippen LogP contribution is -2.11. The van der Waals surface area contributed by atoms with Crippen molar-refractivity contribution in [1.82, 2.24) is 45.2 Å². The molecule has 0 amide bonds. The highest BCUT2D eigenvalue weighted by Gasteiger charge is 2.12. The van der Waals surface area contributed by atoms with E-state index in [9.17, 15) is 0 Å². The van der Waals surface area contributed by atoms with Crippen molar-refractivity contribution in [2.24, 2.45) is 0 Å². The fourth-order valence-corrected chi connectivity index (χ4v) is 2.48. The Morgan fingerprint density at radius 1 is 0.652 bits per heavy atom. The molecule has 0 aliphatic carbocycles. The molecular weight excluding hydrogens is 294 g/mol. The number of benzene rings is 2. The summed E-state index contributed by atoms with van der Waals surface area (Å²) in [5, 5.41) is 24.7. The minimum Gasteiger partial charge on any atom is -0.191 e. The van der Waals surface area contributed by atoms with Crippen molar-refractivity contribution in [3.05, 3.63) is 54.7 Å². The third-order valence-electron chi connectivity index (χ3n) is 3.57. The van der Waals surface area contributed by atoms with E-state index in [1.54, 1.807) is 15.7 Å².